The number of nitrogens with zero attached hydrogens (tertiary/aromatic N) is 1. The van der Waals surface area contributed by atoms with E-state index in [1.807, 2.05) is 0 Å². The van der Waals surface area contributed by atoms with Crippen molar-refractivity contribution in [3.05, 3.63) is 62.4 Å². The molecule has 0 aromatic heterocycles. The largest absolute Gasteiger partial charge is 0.478 e. The summed E-state index contributed by atoms with van der Waals surface area (Å²) in [6.07, 6.45) is 0. The first-order valence-electron chi connectivity index (χ1n) is 5.53. The smallest absolute Gasteiger partial charge is 0.339 e. The lowest BCUT2D eigenvalue weighted by molar-refractivity contribution is -0.385. The topological polar surface area (TPSA) is 89.7 Å². The molecule has 0 aliphatic carbocycles. The van der Waals surface area contributed by atoms with Gasteiger partial charge in [-0.1, -0.05) is 6.07 Å². The van der Waals surface area contributed by atoms with Crippen molar-refractivity contribution in [1.29, 1.82) is 0 Å². The van der Waals surface area contributed by atoms with Crippen molar-refractivity contribution in [2.45, 2.75) is 0 Å². The number of hydrogen-bond donors (Lipinski definition) is 1. The van der Waals surface area contributed by atoms with E-state index in [0.29, 0.717) is 4.47 Å². The summed E-state index contributed by atoms with van der Waals surface area (Å²) in [5.41, 5.74) is -0.911. The second-order valence-electron chi connectivity index (χ2n) is 3.89. The van der Waals surface area contributed by atoms with Crippen LogP contribution in [0.25, 0.3) is 0 Å². The summed E-state index contributed by atoms with van der Waals surface area (Å²) in [7, 11) is 0. The maximum Gasteiger partial charge on any atom is 0.339 e. The van der Waals surface area contributed by atoms with Crippen LogP contribution < -0.4 is 4.74 Å². The molecule has 0 unspecified atom stereocenters. The maximum atomic E-state index is 13.2. The molecule has 2 aromatic rings. The highest BCUT2D eigenvalue weighted by Crippen LogP contribution is 2.37. The predicted octanol–water partition coefficient (Wildman–Crippen LogP) is 3.99. The van der Waals surface area contributed by atoms with Crippen LogP contribution in [0.15, 0.2) is 40.9 Å². The Morgan fingerprint density at radius 3 is 2.67 bits per heavy atom. The molecule has 8 heteroatoms. The van der Waals surface area contributed by atoms with Gasteiger partial charge < -0.3 is 9.84 Å². The van der Waals surface area contributed by atoms with Crippen molar-refractivity contribution >= 4 is 27.6 Å². The van der Waals surface area contributed by atoms with Gasteiger partial charge in [-0.3, -0.25) is 10.1 Å². The minimum Gasteiger partial charge on any atom is -0.478 e. The molecule has 0 atom stereocenters. The Morgan fingerprint density at radius 2 is 2.05 bits per heavy atom. The lowest BCUT2D eigenvalue weighted by Crippen LogP contribution is -2.03. The number of nitro groups is 1. The molecular formula is C13H7BrFNO5. The van der Waals surface area contributed by atoms with Crippen molar-refractivity contribution in [3.63, 3.8) is 0 Å². The Bertz CT molecular complexity index is 702. The Hall–Kier alpha value is -2.48. The molecule has 6 nitrogen and oxygen atoms in total. The second-order valence-corrected chi connectivity index (χ2v) is 4.75. The number of carbonyl (C=O) groups is 1. The highest BCUT2D eigenvalue weighted by atomic mass is 79.9. The molecule has 0 aliphatic rings. The first-order chi connectivity index (χ1) is 9.90. The third-order valence-corrected chi connectivity index (χ3v) is 3.18. The Labute approximate surface area is 126 Å². The summed E-state index contributed by atoms with van der Waals surface area (Å²) in [6.45, 7) is 0. The molecule has 0 radical (unpaired) electrons. The third-order valence-electron chi connectivity index (χ3n) is 2.53. The first kappa shape index (κ1) is 14.9. The van der Waals surface area contributed by atoms with Gasteiger partial charge in [0.05, 0.1) is 9.40 Å². The summed E-state index contributed by atoms with van der Waals surface area (Å²) >= 11 is 3.10. The van der Waals surface area contributed by atoms with Crippen LogP contribution in [0.4, 0.5) is 10.1 Å². The lowest BCUT2D eigenvalue weighted by Gasteiger charge is -2.10. The van der Waals surface area contributed by atoms with E-state index in [9.17, 15) is 19.3 Å². The normalized spacial score (nSPS) is 10.2. The summed E-state index contributed by atoms with van der Waals surface area (Å²) in [5.74, 6) is -2.53. The maximum absolute atomic E-state index is 13.2. The molecule has 21 heavy (non-hydrogen) atoms. The number of ether oxygens (including phenoxy) is 1. The van der Waals surface area contributed by atoms with E-state index in [1.165, 1.54) is 12.1 Å². The minimum absolute atomic E-state index is 0.0631. The summed E-state index contributed by atoms with van der Waals surface area (Å²) in [5, 5.41) is 20.1. The number of benzene rings is 2. The van der Waals surface area contributed by atoms with Gasteiger partial charge in [-0.2, -0.15) is 0 Å². The van der Waals surface area contributed by atoms with Crippen LogP contribution in [0.1, 0.15) is 10.4 Å². The number of para-hydroxylation sites is 1. The fourth-order valence-electron chi connectivity index (χ4n) is 1.61. The number of aromatic carboxylic acids is 1. The Kier molecular flexibility index (Phi) is 4.18. The van der Waals surface area contributed by atoms with Crippen molar-refractivity contribution in [2.24, 2.45) is 0 Å². The quantitative estimate of drug-likeness (QED) is 0.661. The van der Waals surface area contributed by atoms with Crippen molar-refractivity contribution in [3.8, 4) is 11.5 Å². The zero-order valence-corrected chi connectivity index (χ0v) is 11.8. The highest BCUT2D eigenvalue weighted by molar-refractivity contribution is 9.10. The average Bonchev–Trinajstić information content (AvgIpc) is 2.42. The van der Waals surface area contributed by atoms with Crippen molar-refractivity contribution in [2.75, 3.05) is 0 Å². The van der Waals surface area contributed by atoms with Crippen molar-refractivity contribution < 1.29 is 24.0 Å². The van der Waals surface area contributed by atoms with E-state index in [0.717, 1.165) is 24.3 Å². The van der Waals surface area contributed by atoms with Gasteiger partial charge in [0.25, 0.3) is 0 Å². The number of carboxylic acids is 1. The van der Waals surface area contributed by atoms with E-state index < -0.39 is 28.1 Å². The van der Waals surface area contributed by atoms with Crippen LogP contribution in [0.3, 0.4) is 0 Å². The molecule has 0 saturated carbocycles. The van der Waals surface area contributed by atoms with Crippen LogP contribution in [0.5, 0.6) is 11.5 Å². The molecule has 0 spiro atoms. The van der Waals surface area contributed by atoms with E-state index in [4.69, 9.17) is 9.84 Å². The van der Waals surface area contributed by atoms with Crippen LogP contribution in [0.2, 0.25) is 0 Å². The van der Waals surface area contributed by atoms with Crippen LogP contribution in [-0.2, 0) is 0 Å². The summed E-state index contributed by atoms with van der Waals surface area (Å²) in [6, 6.07) is 7.00. The Balaban J connectivity index is 2.59. The van der Waals surface area contributed by atoms with Crippen LogP contribution >= 0.6 is 15.9 Å². The van der Waals surface area contributed by atoms with E-state index in [1.54, 1.807) is 0 Å². The van der Waals surface area contributed by atoms with Crippen molar-refractivity contribution in [1.82, 2.24) is 0 Å². The fraction of sp³-hybridized carbons (Fsp3) is 0. The zero-order chi connectivity index (χ0) is 15.6. The molecule has 0 heterocycles. The number of nitro benzene ring substituents is 1. The SMILES string of the molecule is O=C(O)c1cccc([N+](=O)[O-])c1Oc1cc(F)ccc1Br. The van der Waals surface area contributed by atoms with Gasteiger partial charge in [0.1, 0.15) is 17.1 Å². The monoisotopic (exact) mass is 355 g/mol. The lowest BCUT2D eigenvalue weighted by atomic mass is 10.1. The van der Waals surface area contributed by atoms with Gasteiger partial charge >= 0.3 is 11.7 Å². The number of carboxylic acid groups (broad SMARTS) is 1. The third kappa shape index (κ3) is 3.16. The van der Waals surface area contributed by atoms with Gasteiger partial charge in [0, 0.05) is 12.1 Å². The van der Waals surface area contributed by atoms with Gasteiger partial charge in [0.2, 0.25) is 5.75 Å². The molecule has 0 saturated heterocycles. The minimum atomic E-state index is -1.39. The van der Waals surface area contributed by atoms with Crippen LogP contribution in [0, 0.1) is 15.9 Å². The van der Waals surface area contributed by atoms with E-state index in [2.05, 4.69) is 15.9 Å². The van der Waals surface area contributed by atoms with Crippen LogP contribution in [-0.4, -0.2) is 16.0 Å². The molecule has 108 valence electrons. The van der Waals surface area contributed by atoms with Gasteiger partial charge in [0.15, 0.2) is 0 Å². The van der Waals surface area contributed by atoms with E-state index in [-0.39, 0.29) is 11.3 Å². The predicted molar refractivity (Wildman–Crippen MR) is 74.2 cm³/mol. The highest BCUT2D eigenvalue weighted by Gasteiger charge is 2.24. The van der Waals surface area contributed by atoms with Gasteiger partial charge in [-0.15, -0.1) is 0 Å². The number of halogens is 2. The molecular weight excluding hydrogens is 349 g/mol. The number of hydrogen-bond acceptors (Lipinski definition) is 4. The zero-order valence-electron chi connectivity index (χ0n) is 10.2. The second kappa shape index (κ2) is 5.88. The molecule has 0 bridgehead atoms. The summed E-state index contributed by atoms with van der Waals surface area (Å²) in [4.78, 5) is 21.4. The Morgan fingerprint density at radius 1 is 1.33 bits per heavy atom. The molecule has 0 amide bonds. The number of rotatable bonds is 4. The molecule has 2 aromatic carbocycles. The molecule has 1 N–H and O–H groups in total. The summed E-state index contributed by atoms with van der Waals surface area (Å²) < 4.78 is 18.8. The van der Waals surface area contributed by atoms with Gasteiger partial charge in [-0.25, -0.2) is 9.18 Å². The first-order valence-corrected chi connectivity index (χ1v) is 6.33. The van der Waals surface area contributed by atoms with Gasteiger partial charge in [-0.05, 0) is 34.1 Å². The molecule has 0 fully saturated rings. The van der Waals surface area contributed by atoms with E-state index >= 15 is 0 Å². The molecule has 0 aliphatic heterocycles. The fourth-order valence-corrected chi connectivity index (χ4v) is 1.94. The average molecular weight is 356 g/mol. The molecule has 2 rings (SSSR count). The standard InChI is InChI=1S/C13H7BrFNO5/c14-9-5-4-7(15)6-11(9)21-12-8(13(17)18)2-1-3-10(12)16(19)20/h1-6H,(H,17,18).